The molecule has 3 N–H and O–H groups in total. The first-order chi connectivity index (χ1) is 11.0. The molecule has 2 unspecified atom stereocenters. The smallest absolute Gasteiger partial charge is 0.407 e. The van der Waals surface area contributed by atoms with Crippen molar-refractivity contribution in [3.05, 3.63) is 29.8 Å². The fraction of sp³-hybridized carbons (Fsp3) is 0.588. The van der Waals surface area contributed by atoms with E-state index in [1.165, 1.54) is 0 Å². The third-order valence-corrected chi connectivity index (χ3v) is 3.89. The summed E-state index contributed by atoms with van der Waals surface area (Å²) >= 11 is 0. The lowest BCUT2D eigenvalue weighted by molar-refractivity contribution is 0.147. The van der Waals surface area contributed by atoms with Gasteiger partial charge in [-0.3, -0.25) is 0 Å². The number of benzene rings is 1. The maximum atomic E-state index is 11.5. The van der Waals surface area contributed by atoms with Gasteiger partial charge >= 0.3 is 6.09 Å². The van der Waals surface area contributed by atoms with Gasteiger partial charge in [0.1, 0.15) is 0 Å². The molecule has 0 saturated carbocycles. The van der Waals surface area contributed by atoms with Crippen LogP contribution in [0.1, 0.15) is 32.3 Å². The first-order valence-electron chi connectivity index (χ1n) is 8.03. The molecule has 0 aliphatic heterocycles. The van der Waals surface area contributed by atoms with Gasteiger partial charge in [0.05, 0.1) is 19.8 Å². The zero-order valence-electron chi connectivity index (χ0n) is 14.2. The van der Waals surface area contributed by atoms with Gasteiger partial charge in [0, 0.05) is 30.7 Å². The van der Waals surface area contributed by atoms with Gasteiger partial charge < -0.3 is 25.2 Å². The molecule has 0 aliphatic carbocycles. The Kier molecular flexibility index (Phi) is 8.43. The van der Waals surface area contributed by atoms with E-state index in [0.717, 1.165) is 11.3 Å². The number of hydrogen-bond acceptors (Lipinski definition) is 5. The minimum absolute atomic E-state index is 0.0403. The maximum absolute atomic E-state index is 11.5. The zero-order valence-corrected chi connectivity index (χ0v) is 14.2. The molecule has 0 aromatic heterocycles. The number of aliphatic hydroxyl groups excluding tert-OH is 2. The van der Waals surface area contributed by atoms with Gasteiger partial charge in [0.15, 0.2) is 0 Å². The molecule has 0 aliphatic rings. The number of carbonyl (C=O) groups excluding carboxylic acids is 1. The number of nitrogens with one attached hydrogen (secondary N) is 1. The molecule has 130 valence electrons. The third kappa shape index (κ3) is 6.08. The molecular weight excluding hydrogens is 296 g/mol. The molecule has 0 fully saturated rings. The van der Waals surface area contributed by atoms with Gasteiger partial charge in [-0.1, -0.05) is 19.1 Å². The van der Waals surface area contributed by atoms with Crippen LogP contribution in [0.4, 0.5) is 10.5 Å². The van der Waals surface area contributed by atoms with Crippen molar-refractivity contribution in [2.75, 3.05) is 37.8 Å². The largest absolute Gasteiger partial charge is 0.450 e. The Morgan fingerprint density at radius 3 is 2.22 bits per heavy atom. The van der Waals surface area contributed by atoms with E-state index in [4.69, 9.17) is 14.9 Å². The second kappa shape index (κ2) is 10.1. The summed E-state index contributed by atoms with van der Waals surface area (Å²) in [6, 6.07) is 7.89. The summed E-state index contributed by atoms with van der Waals surface area (Å²) in [5.74, 6) is 0.137. The Morgan fingerprint density at radius 1 is 1.17 bits per heavy atom. The second-order valence-electron chi connectivity index (χ2n) is 5.47. The van der Waals surface area contributed by atoms with Crippen LogP contribution in [0.2, 0.25) is 0 Å². The molecular formula is C17H28N2O4. The fourth-order valence-electron chi connectivity index (χ4n) is 2.37. The molecule has 1 amide bonds. The first kappa shape index (κ1) is 19.3. The lowest BCUT2D eigenvalue weighted by Gasteiger charge is -2.25. The second-order valence-corrected chi connectivity index (χ2v) is 5.47. The van der Waals surface area contributed by atoms with E-state index < -0.39 is 6.09 Å². The van der Waals surface area contributed by atoms with E-state index in [0.29, 0.717) is 19.7 Å². The average Bonchev–Trinajstić information content (AvgIpc) is 2.54. The lowest BCUT2D eigenvalue weighted by Crippen LogP contribution is -2.36. The quantitative estimate of drug-likeness (QED) is 0.644. The zero-order chi connectivity index (χ0) is 17.2. The van der Waals surface area contributed by atoms with Crippen LogP contribution in [-0.4, -0.2) is 55.3 Å². The average molecular weight is 324 g/mol. The summed E-state index contributed by atoms with van der Waals surface area (Å²) in [6.45, 7) is 7.17. The molecule has 1 aromatic carbocycles. The Labute approximate surface area is 138 Å². The van der Waals surface area contributed by atoms with Crippen molar-refractivity contribution in [1.29, 1.82) is 0 Å². The highest BCUT2D eigenvalue weighted by Crippen LogP contribution is 2.23. The molecule has 0 spiro atoms. The predicted molar refractivity (Wildman–Crippen MR) is 90.9 cm³/mol. The van der Waals surface area contributed by atoms with Crippen molar-refractivity contribution < 1.29 is 19.7 Å². The van der Waals surface area contributed by atoms with Gasteiger partial charge in [-0.25, -0.2) is 4.79 Å². The number of carbonyl (C=O) groups is 1. The van der Waals surface area contributed by atoms with Gasteiger partial charge in [0.2, 0.25) is 0 Å². The van der Waals surface area contributed by atoms with Crippen molar-refractivity contribution in [3.63, 3.8) is 0 Å². The highest BCUT2D eigenvalue weighted by atomic mass is 16.5. The Balaban J connectivity index is 2.72. The Morgan fingerprint density at radius 2 is 1.74 bits per heavy atom. The minimum Gasteiger partial charge on any atom is -0.450 e. The maximum Gasteiger partial charge on any atom is 0.407 e. The molecule has 23 heavy (non-hydrogen) atoms. The summed E-state index contributed by atoms with van der Waals surface area (Å²) in [4.78, 5) is 13.4. The summed E-state index contributed by atoms with van der Waals surface area (Å²) in [6.07, 6.45) is -0.402. The van der Waals surface area contributed by atoms with Crippen LogP contribution in [0.25, 0.3) is 0 Å². The van der Waals surface area contributed by atoms with Gasteiger partial charge in [-0.2, -0.15) is 0 Å². The molecule has 0 bridgehead atoms. The fourth-order valence-corrected chi connectivity index (χ4v) is 2.37. The molecule has 0 heterocycles. The number of hydrogen-bond donors (Lipinski definition) is 3. The predicted octanol–water partition coefficient (Wildman–Crippen LogP) is 1.72. The molecule has 0 radical (unpaired) electrons. The summed E-state index contributed by atoms with van der Waals surface area (Å²) in [5, 5.41) is 21.0. The topological polar surface area (TPSA) is 82.0 Å². The van der Waals surface area contributed by atoms with Crippen molar-refractivity contribution in [1.82, 2.24) is 5.32 Å². The highest BCUT2D eigenvalue weighted by molar-refractivity contribution is 5.67. The van der Waals surface area contributed by atoms with E-state index in [1.807, 2.05) is 43.0 Å². The summed E-state index contributed by atoms with van der Waals surface area (Å²) < 4.78 is 4.90. The summed E-state index contributed by atoms with van der Waals surface area (Å²) in [7, 11) is 0. The number of aliphatic hydroxyl groups is 2. The summed E-state index contributed by atoms with van der Waals surface area (Å²) in [5.41, 5.74) is 2.06. The molecule has 0 saturated heterocycles. The number of nitrogens with zero attached hydrogens (tertiary/aromatic N) is 1. The van der Waals surface area contributed by atoms with Crippen molar-refractivity contribution in [3.8, 4) is 0 Å². The normalized spacial score (nSPS) is 13.3. The van der Waals surface area contributed by atoms with Crippen LogP contribution < -0.4 is 10.2 Å². The van der Waals surface area contributed by atoms with Crippen molar-refractivity contribution in [2.45, 2.75) is 32.7 Å². The van der Waals surface area contributed by atoms with E-state index in [9.17, 15) is 4.79 Å². The molecule has 2 atom stereocenters. The van der Waals surface area contributed by atoms with Crippen LogP contribution in [0, 0.1) is 0 Å². The standard InChI is InChI=1S/C17H28N2O4/c1-4-23-17(22)18-14(3)13(2)15-5-7-16(8-6-15)19(9-11-20)10-12-21/h5-8,13-14,20-21H,4,9-12H2,1-3H3,(H,18,22). The van der Waals surface area contributed by atoms with Gasteiger partial charge in [0.25, 0.3) is 0 Å². The molecule has 1 rings (SSSR count). The highest BCUT2D eigenvalue weighted by Gasteiger charge is 2.17. The van der Waals surface area contributed by atoms with E-state index in [-0.39, 0.29) is 25.2 Å². The van der Waals surface area contributed by atoms with E-state index in [1.54, 1.807) is 6.92 Å². The van der Waals surface area contributed by atoms with Crippen LogP contribution in [0.15, 0.2) is 24.3 Å². The van der Waals surface area contributed by atoms with Crippen LogP contribution in [0.5, 0.6) is 0 Å². The lowest BCUT2D eigenvalue weighted by atomic mass is 9.94. The van der Waals surface area contributed by atoms with Crippen molar-refractivity contribution in [2.24, 2.45) is 0 Å². The van der Waals surface area contributed by atoms with Crippen LogP contribution in [0.3, 0.4) is 0 Å². The number of anilines is 1. The number of ether oxygens (including phenoxy) is 1. The monoisotopic (exact) mass is 324 g/mol. The Bertz CT molecular complexity index is 458. The van der Waals surface area contributed by atoms with Gasteiger partial charge in [-0.15, -0.1) is 0 Å². The van der Waals surface area contributed by atoms with Crippen LogP contribution >= 0.6 is 0 Å². The van der Waals surface area contributed by atoms with Gasteiger partial charge in [-0.05, 0) is 31.5 Å². The molecule has 6 heteroatoms. The van der Waals surface area contributed by atoms with Crippen LogP contribution in [-0.2, 0) is 4.74 Å². The third-order valence-electron chi connectivity index (χ3n) is 3.89. The van der Waals surface area contributed by atoms with E-state index in [2.05, 4.69) is 5.32 Å². The Hall–Kier alpha value is -1.79. The SMILES string of the molecule is CCOC(=O)NC(C)C(C)c1ccc(N(CCO)CCO)cc1. The number of rotatable bonds is 9. The van der Waals surface area contributed by atoms with E-state index >= 15 is 0 Å². The van der Waals surface area contributed by atoms with Crippen molar-refractivity contribution >= 4 is 11.8 Å². The molecule has 6 nitrogen and oxygen atoms in total. The number of alkyl carbamates (subject to hydrolysis) is 1. The molecule has 1 aromatic rings. The number of amides is 1. The minimum atomic E-state index is -0.402. The first-order valence-corrected chi connectivity index (χ1v) is 8.03.